The van der Waals surface area contributed by atoms with E-state index in [0.717, 1.165) is 5.56 Å². The number of nitrogen functional groups attached to an aromatic ring is 1. The topological polar surface area (TPSA) is 113 Å². The van der Waals surface area contributed by atoms with Crippen molar-refractivity contribution >= 4 is 21.5 Å². The number of nitrogens with two attached hydrogens (primary N) is 1. The molecule has 2 aromatic rings. The molecule has 0 saturated heterocycles. The van der Waals surface area contributed by atoms with Crippen LogP contribution in [0.25, 0.3) is 0 Å². The minimum atomic E-state index is -3.56. The van der Waals surface area contributed by atoms with Crippen LogP contribution in [0.15, 0.2) is 35.4 Å². The second kappa shape index (κ2) is 6.15. The predicted molar refractivity (Wildman–Crippen MR) is 82.2 cm³/mol. The van der Waals surface area contributed by atoms with E-state index in [1.165, 1.54) is 0 Å². The Morgan fingerprint density at radius 1 is 1.33 bits per heavy atom. The molecule has 1 heterocycles. The highest BCUT2D eigenvalue weighted by Gasteiger charge is 2.19. The normalized spacial score (nSPS) is 11.8. The first-order valence-corrected chi connectivity index (χ1v) is 8.01. The van der Waals surface area contributed by atoms with Gasteiger partial charge in [-0.25, -0.2) is 13.1 Å². The van der Waals surface area contributed by atoms with Gasteiger partial charge in [0.1, 0.15) is 10.7 Å². The van der Waals surface area contributed by atoms with Crippen molar-refractivity contribution in [3.05, 3.63) is 36.0 Å². The Hall–Kier alpha value is -2.06. The summed E-state index contributed by atoms with van der Waals surface area (Å²) in [5.41, 5.74) is 7.00. The fraction of sp³-hybridized carbons (Fsp3) is 0.308. The van der Waals surface area contributed by atoms with Crippen LogP contribution in [-0.4, -0.2) is 24.7 Å². The smallest absolute Gasteiger partial charge is 0.242 e. The van der Waals surface area contributed by atoms with Crippen molar-refractivity contribution in [3.63, 3.8) is 0 Å². The van der Waals surface area contributed by atoms with Crippen LogP contribution < -0.4 is 15.8 Å². The molecule has 0 aliphatic heterocycles. The van der Waals surface area contributed by atoms with Gasteiger partial charge in [-0.1, -0.05) is 12.1 Å². The lowest BCUT2D eigenvalue weighted by molar-refractivity contribution is 0.570. The first-order chi connectivity index (χ1) is 9.90. The van der Waals surface area contributed by atoms with Gasteiger partial charge in [0, 0.05) is 18.2 Å². The van der Waals surface area contributed by atoms with Crippen molar-refractivity contribution in [3.8, 4) is 0 Å². The molecular weight excluding hydrogens is 290 g/mol. The minimum Gasteiger partial charge on any atom is -0.384 e. The summed E-state index contributed by atoms with van der Waals surface area (Å²) in [6, 6.07) is 6.56. The maximum absolute atomic E-state index is 12.3. The number of sulfonamides is 1. The molecule has 0 amide bonds. The number of aromatic nitrogens is 2. The molecule has 0 aliphatic carbocycles. The molecule has 5 N–H and O–H groups in total. The fourth-order valence-corrected chi connectivity index (χ4v) is 3.31. The molecule has 1 aromatic carbocycles. The molecule has 0 atom stereocenters. The van der Waals surface area contributed by atoms with Gasteiger partial charge in [-0.3, -0.25) is 5.10 Å². The number of rotatable bonds is 6. The molecule has 0 saturated carbocycles. The van der Waals surface area contributed by atoms with E-state index in [1.807, 2.05) is 0 Å². The van der Waals surface area contributed by atoms with Crippen molar-refractivity contribution in [2.75, 3.05) is 11.1 Å². The molecule has 8 heteroatoms. The third-order valence-electron chi connectivity index (χ3n) is 2.79. The number of para-hydroxylation sites is 1. The van der Waals surface area contributed by atoms with Crippen molar-refractivity contribution < 1.29 is 8.42 Å². The van der Waals surface area contributed by atoms with Gasteiger partial charge in [-0.2, -0.15) is 5.10 Å². The summed E-state index contributed by atoms with van der Waals surface area (Å²) in [6.45, 7) is 3.94. The second-order valence-corrected chi connectivity index (χ2v) is 6.62. The van der Waals surface area contributed by atoms with E-state index >= 15 is 0 Å². The highest BCUT2D eigenvalue weighted by atomic mass is 32.2. The number of H-pyrrole nitrogens is 1. The van der Waals surface area contributed by atoms with Crippen molar-refractivity contribution in [1.29, 1.82) is 0 Å². The molecule has 7 nitrogen and oxygen atoms in total. The van der Waals surface area contributed by atoms with Gasteiger partial charge in [0.05, 0.1) is 11.9 Å². The molecule has 0 aliphatic rings. The highest BCUT2D eigenvalue weighted by molar-refractivity contribution is 7.89. The molecule has 0 radical (unpaired) electrons. The Labute approximate surface area is 124 Å². The van der Waals surface area contributed by atoms with Crippen LogP contribution in [-0.2, 0) is 16.6 Å². The first-order valence-electron chi connectivity index (χ1n) is 6.53. The lowest BCUT2D eigenvalue weighted by Gasteiger charge is -2.14. The maximum Gasteiger partial charge on any atom is 0.242 e. The van der Waals surface area contributed by atoms with E-state index in [1.54, 1.807) is 44.3 Å². The number of aromatic amines is 1. The zero-order chi connectivity index (χ0) is 15.5. The average Bonchev–Trinajstić information content (AvgIpc) is 2.81. The van der Waals surface area contributed by atoms with E-state index in [4.69, 9.17) is 5.73 Å². The number of nitrogens with one attached hydrogen (secondary N) is 3. The zero-order valence-electron chi connectivity index (χ0n) is 11.9. The van der Waals surface area contributed by atoms with Crippen LogP contribution in [0.1, 0.15) is 19.4 Å². The third-order valence-corrected chi connectivity index (χ3v) is 4.50. The lowest BCUT2D eigenvalue weighted by atomic mass is 10.3. The molecule has 2 rings (SSSR count). The van der Waals surface area contributed by atoms with E-state index in [9.17, 15) is 8.42 Å². The number of hydrogen-bond acceptors (Lipinski definition) is 5. The monoisotopic (exact) mass is 309 g/mol. The molecule has 1 aromatic heterocycles. The van der Waals surface area contributed by atoms with E-state index in [0.29, 0.717) is 18.1 Å². The van der Waals surface area contributed by atoms with Crippen molar-refractivity contribution in [1.82, 2.24) is 14.9 Å². The summed E-state index contributed by atoms with van der Waals surface area (Å²) in [5, 5.41) is 9.53. The Kier molecular flexibility index (Phi) is 4.49. The van der Waals surface area contributed by atoms with E-state index < -0.39 is 10.0 Å². The molecule has 114 valence electrons. The van der Waals surface area contributed by atoms with Crippen LogP contribution in [0.5, 0.6) is 0 Å². The SMILES string of the molecule is CC(C)NS(=O)(=O)c1ccccc1NCc1cn[nH]c1N. The third kappa shape index (κ3) is 3.73. The number of nitrogens with zero attached hydrogens (tertiary/aromatic N) is 1. The summed E-state index contributed by atoms with van der Waals surface area (Å²) in [7, 11) is -3.56. The van der Waals surface area contributed by atoms with Gasteiger partial charge >= 0.3 is 0 Å². The summed E-state index contributed by atoms with van der Waals surface area (Å²) >= 11 is 0. The molecule has 0 spiro atoms. The van der Waals surface area contributed by atoms with Gasteiger partial charge in [0.15, 0.2) is 0 Å². The maximum atomic E-state index is 12.3. The summed E-state index contributed by atoms with van der Waals surface area (Å²) < 4.78 is 27.2. The fourth-order valence-electron chi connectivity index (χ4n) is 1.87. The standard InChI is InChI=1S/C13H19N5O2S/c1-9(2)18-21(19,20)12-6-4-3-5-11(12)15-7-10-8-16-17-13(10)14/h3-6,8-9,15,18H,7H2,1-2H3,(H3,14,16,17). The largest absolute Gasteiger partial charge is 0.384 e. The van der Waals surface area contributed by atoms with Gasteiger partial charge in [0.2, 0.25) is 10.0 Å². The molecule has 0 unspecified atom stereocenters. The average molecular weight is 309 g/mol. The summed E-state index contributed by atoms with van der Waals surface area (Å²) in [6.07, 6.45) is 1.60. The van der Waals surface area contributed by atoms with Crippen LogP contribution in [0, 0.1) is 0 Å². The Bertz CT molecular complexity index is 709. The van der Waals surface area contributed by atoms with Gasteiger partial charge < -0.3 is 11.1 Å². The number of hydrogen-bond donors (Lipinski definition) is 4. The second-order valence-electron chi connectivity index (χ2n) is 4.93. The van der Waals surface area contributed by atoms with E-state index in [2.05, 4.69) is 20.2 Å². The quantitative estimate of drug-likeness (QED) is 0.642. The van der Waals surface area contributed by atoms with Crippen LogP contribution >= 0.6 is 0 Å². The molecule has 21 heavy (non-hydrogen) atoms. The summed E-state index contributed by atoms with van der Waals surface area (Å²) in [5.74, 6) is 0.461. The van der Waals surface area contributed by atoms with E-state index in [-0.39, 0.29) is 10.9 Å². The van der Waals surface area contributed by atoms with Gasteiger partial charge in [0.25, 0.3) is 0 Å². The zero-order valence-corrected chi connectivity index (χ0v) is 12.7. The minimum absolute atomic E-state index is 0.174. The Morgan fingerprint density at radius 2 is 2.05 bits per heavy atom. The van der Waals surface area contributed by atoms with Crippen molar-refractivity contribution in [2.45, 2.75) is 31.3 Å². The van der Waals surface area contributed by atoms with Gasteiger partial charge in [-0.05, 0) is 26.0 Å². The highest BCUT2D eigenvalue weighted by Crippen LogP contribution is 2.22. The molecular formula is C13H19N5O2S. The number of benzene rings is 1. The molecule has 0 bridgehead atoms. The Balaban J connectivity index is 2.23. The first kappa shape index (κ1) is 15.3. The van der Waals surface area contributed by atoms with Gasteiger partial charge in [-0.15, -0.1) is 0 Å². The van der Waals surface area contributed by atoms with Crippen LogP contribution in [0.2, 0.25) is 0 Å². The lowest BCUT2D eigenvalue weighted by Crippen LogP contribution is -2.30. The molecule has 0 fully saturated rings. The van der Waals surface area contributed by atoms with Crippen LogP contribution in [0.4, 0.5) is 11.5 Å². The Morgan fingerprint density at radius 3 is 2.67 bits per heavy atom. The number of anilines is 2. The summed E-state index contributed by atoms with van der Waals surface area (Å²) in [4.78, 5) is 0.209. The van der Waals surface area contributed by atoms with Crippen molar-refractivity contribution in [2.24, 2.45) is 0 Å². The van der Waals surface area contributed by atoms with Crippen LogP contribution in [0.3, 0.4) is 0 Å². The predicted octanol–water partition coefficient (Wildman–Crippen LogP) is 1.29.